The molecule has 14 heavy (non-hydrogen) atoms. The molecule has 0 aliphatic rings. The third-order valence-corrected chi connectivity index (χ3v) is 2.49. The van der Waals surface area contributed by atoms with Gasteiger partial charge in [0.15, 0.2) is 5.76 Å². The van der Waals surface area contributed by atoms with E-state index in [1.165, 1.54) is 0 Å². The number of rotatable bonds is 2. The summed E-state index contributed by atoms with van der Waals surface area (Å²) in [5.41, 5.74) is 1.58. The molecule has 0 fully saturated rings. The standard InChI is InChI=1S/C9H7BrN2OS/c10-6-1-2-8(11-4-6)9-3-7(5-14)12-13-9/h1-4,14H,5H2. The normalized spacial score (nSPS) is 10.4. The molecule has 72 valence electrons. The fraction of sp³-hybridized carbons (Fsp3) is 0.111. The highest BCUT2D eigenvalue weighted by Crippen LogP contribution is 2.20. The minimum atomic E-state index is 0.569. The highest BCUT2D eigenvalue weighted by Gasteiger charge is 2.06. The zero-order valence-corrected chi connectivity index (χ0v) is 9.62. The van der Waals surface area contributed by atoms with Gasteiger partial charge in [-0.25, -0.2) is 0 Å². The van der Waals surface area contributed by atoms with Gasteiger partial charge in [-0.2, -0.15) is 12.6 Å². The first kappa shape index (κ1) is 9.73. The zero-order chi connectivity index (χ0) is 9.97. The summed E-state index contributed by atoms with van der Waals surface area (Å²) in [6.45, 7) is 0. The summed E-state index contributed by atoms with van der Waals surface area (Å²) in [7, 11) is 0. The fourth-order valence-electron chi connectivity index (χ4n) is 1.03. The molecule has 2 aromatic rings. The third kappa shape index (κ3) is 1.99. The maximum Gasteiger partial charge on any atom is 0.185 e. The van der Waals surface area contributed by atoms with Crippen LogP contribution in [-0.4, -0.2) is 10.1 Å². The maximum atomic E-state index is 5.10. The van der Waals surface area contributed by atoms with Crippen LogP contribution < -0.4 is 0 Å². The third-order valence-electron chi connectivity index (χ3n) is 1.70. The van der Waals surface area contributed by atoms with Gasteiger partial charge in [0.25, 0.3) is 0 Å². The fourth-order valence-corrected chi connectivity index (χ4v) is 1.41. The maximum absolute atomic E-state index is 5.10. The van der Waals surface area contributed by atoms with Crippen LogP contribution in [0, 0.1) is 0 Å². The summed E-state index contributed by atoms with van der Waals surface area (Å²) in [5.74, 6) is 1.24. The summed E-state index contributed by atoms with van der Waals surface area (Å²) in [5, 5.41) is 3.83. The van der Waals surface area contributed by atoms with Crippen molar-refractivity contribution in [1.29, 1.82) is 0 Å². The van der Waals surface area contributed by atoms with Gasteiger partial charge in [0.1, 0.15) is 5.69 Å². The lowest BCUT2D eigenvalue weighted by Gasteiger charge is -1.93. The van der Waals surface area contributed by atoms with Crippen molar-refractivity contribution in [2.75, 3.05) is 0 Å². The Labute approximate surface area is 95.1 Å². The van der Waals surface area contributed by atoms with Crippen molar-refractivity contribution < 1.29 is 4.52 Å². The van der Waals surface area contributed by atoms with Gasteiger partial charge in [-0.1, -0.05) is 5.16 Å². The van der Waals surface area contributed by atoms with Crippen LogP contribution in [0.15, 0.2) is 33.4 Å². The Morgan fingerprint density at radius 1 is 1.43 bits per heavy atom. The van der Waals surface area contributed by atoms with Crippen molar-refractivity contribution in [3.05, 3.63) is 34.6 Å². The van der Waals surface area contributed by atoms with Gasteiger partial charge in [0.2, 0.25) is 0 Å². The Morgan fingerprint density at radius 3 is 2.86 bits per heavy atom. The molecule has 2 heterocycles. The molecule has 0 aliphatic heterocycles. The van der Waals surface area contributed by atoms with Crippen LogP contribution in [0.25, 0.3) is 11.5 Å². The summed E-state index contributed by atoms with van der Waals surface area (Å²) >= 11 is 7.42. The lowest BCUT2D eigenvalue weighted by molar-refractivity contribution is 0.425. The van der Waals surface area contributed by atoms with Crippen LogP contribution in [0.5, 0.6) is 0 Å². The molecule has 3 nitrogen and oxygen atoms in total. The second kappa shape index (κ2) is 4.14. The average molecular weight is 271 g/mol. The van der Waals surface area contributed by atoms with Crippen LogP contribution in [0.3, 0.4) is 0 Å². The molecule has 0 spiro atoms. The van der Waals surface area contributed by atoms with Gasteiger partial charge in [-0.15, -0.1) is 0 Å². The highest BCUT2D eigenvalue weighted by molar-refractivity contribution is 9.10. The number of pyridine rings is 1. The molecule has 0 saturated heterocycles. The van der Waals surface area contributed by atoms with E-state index in [9.17, 15) is 0 Å². The van der Waals surface area contributed by atoms with Crippen molar-refractivity contribution in [2.45, 2.75) is 5.75 Å². The van der Waals surface area contributed by atoms with Crippen LogP contribution in [0.4, 0.5) is 0 Å². The molecule has 0 amide bonds. The monoisotopic (exact) mass is 270 g/mol. The van der Waals surface area contributed by atoms with E-state index < -0.39 is 0 Å². The van der Waals surface area contributed by atoms with Crippen LogP contribution in [-0.2, 0) is 5.75 Å². The number of thiol groups is 1. The van der Waals surface area contributed by atoms with Crippen molar-refractivity contribution in [3.63, 3.8) is 0 Å². The molecule has 0 aromatic carbocycles. The molecule has 0 radical (unpaired) electrons. The van der Waals surface area contributed by atoms with Crippen molar-refractivity contribution in [3.8, 4) is 11.5 Å². The second-order valence-electron chi connectivity index (χ2n) is 2.70. The van der Waals surface area contributed by atoms with Gasteiger partial charge in [0, 0.05) is 22.5 Å². The number of aromatic nitrogens is 2. The molecule has 2 aromatic heterocycles. The summed E-state index contributed by atoms with van der Waals surface area (Å²) in [6, 6.07) is 5.61. The van der Waals surface area contributed by atoms with E-state index in [0.29, 0.717) is 11.5 Å². The summed E-state index contributed by atoms with van der Waals surface area (Å²) in [6.07, 6.45) is 1.72. The first-order valence-electron chi connectivity index (χ1n) is 3.98. The van der Waals surface area contributed by atoms with Gasteiger partial charge in [-0.3, -0.25) is 4.98 Å². The molecule has 0 bridgehead atoms. The van der Waals surface area contributed by atoms with E-state index in [-0.39, 0.29) is 0 Å². The molecule has 5 heteroatoms. The largest absolute Gasteiger partial charge is 0.354 e. The van der Waals surface area contributed by atoms with Gasteiger partial charge < -0.3 is 4.52 Å². The molecule has 2 rings (SSSR count). The molecule has 0 aliphatic carbocycles. The predicted molar refractivity (Wildman–Crippen MR) is 60.1 cm³/mol. The van der Waals surface area contributed by atoms with Crippen LogP contribution >= 0.6 is 28.6 Å². The molecule has 0 atom stereocenters. The zero-order valence-electron chi connectivity index (χ0n) is 7.14. The minimum absolute atomic E-state index is 0.569. The van der Waals surface area contributed by atoms with E-state index in [1.54, 1.807) is 6.20 Å². The topological polar surface area (TPSA) is 38.9 Å². The Morgan fingerprint density at radius 2 is 2.29 bits per heavy atom. The SMILES string of the molecule is SCc1cc(-c2ccc(Br)cn2)on1. The van der Waals surface area contributed by atoms with E-state index in [2.05, 4.69) is 38.7 Å². The first-order chi connectivity index (χ1) is 6.79. The lowest BCUT2D eigenvalue weighted by atomic mass is 10.3. The molecule has 0 N–H and O–H groups in total. The molecular formula is C9H7BrN2OS. The minimum Gasteiger partial charge on any atom is -0.354 e. The Kier molecular flexibility index (Phi) is 2.88. The number of hydrogen-bond acceptors (Lipinski definition) is 4. The average Bonchev–Trinajstić information content (AvgIpc) is 2.67. The van der Waals surface area contributed by atoms with E-state index in [1.807, 2.05) is 18.2 Å². The smallest absolute Gasteiger partial charge is 0.185 e. The molecular weight excluding hydrogens is 264 g/mol. The molecule has 0 unspecified atom stereocenters. The Balaban J connectivity index is 2.34. The van der Waals surface area contributed by atoms with Gasteiger partial charge in [0.05, 0.1) is 5.69 Å². The van der Waals surface area contributed by atoms with Crippen molar-refractivity contribution >= 4 is 28.6 Å². The number of hydrogen-bond donors (Lipinski definition) is 1. The van der Waals surface area contributed by atoms with Crippen molar-refractivity contribution in [1.82, 2.24) is 10.1 Å². The lowest BCUT2D eigenvalue weighted by Crippen LogP contribution is -1.79. The molecule has 0 saturated carbocycles. The number of nitrogens with zero attached hydrogens (tertiary/aromatic N) is 2. The quantitative estimate of drug-likeness (QED) is 0.853. The van der Waals surface area contributed by atoms with E-state index in [0.717, 1.165) is 15.9 Å². The summed E-state index contributed by atoms with van der Waals surface area (Å²) < 4.78 is 6.04. The van der Waals surface area contributed by atoms with Gasteiger partial charge in [-0.05, 0) is 28.1 Å². The first-order valence-corrected chi connectivity index (χ1v) is 5.40. The van der Waals surface area contributed by atoms with Crippen LogP contribution in [0.2, 0.25) is 0 Å². The van der Waals surface area contributed by atoms with Crippen LogP contribution in [0.1, 0.15) is 5.69 Å². The second-order valence-corrected chi connectivity index (χ2v) is 3.93. The van der Waals surface area contributed by atoms with E-state index >= 15 is 0 Å². The van der Waals surface area contributed by atoms with Gasteiger partial charge >= 0.3 is 0 Å². The van der Waals surface area contributed by atoms with E-state index in [4.69, 9.17) is 4.52 Å². The number of halogens is 1. The highest BCUT2D eigenvalue weighted by atomic mass is 79.9. The Bertz CT molecular complexity index is 427. The summed E-state index contributed by atoms with van der Waals surface area (Å²) in [4.78, 5) is 4.19. The predicted octanol–water partition coefficient (Wildman–Crippen LogP) is 2.93. The Hall–Kier alpha value is -0.810. The van der Waals surface area contributed by atoms with Crippen molar-refractivity contribution in [2.24, 2.45) is 0 Å².